The first-order valence-electron chi connectivity index (χ1n) is 8.50. The van der Waals surface area contributed by atoms with Crippen LogP contribution in [0.2, 0.25) is 0 Å². The molecule has 1 amide bonds. The van der Waals surface area contributed by atoms with E-state index >= 15 is 0 Å². The van der Waals surface area contributed by atoms with Gasteiger partial charge in [0, 0.05) is 36.0 Å². The molecule has 0 atom stereocenters. The fraction of sp³-hybridized carbons (Fsp3) is 0.350. The molecule has 4 heteroatoms. The van der Waals surface area contributed by atoms with Gasteiger partial charge in [0.25, 0.3) is 5.91 Å². The number of hydrogen-bond donors (Lipinski definition) is 1. The summed E-state index contributed by atoms with van der Waals surface area (Å²) in [5.41, 5.74) is 1.70. The van der Waals surface area contributed by atoms with Crippen LogP contribution in [0.4, 0.5) is 0 Å². The summed E-state index contributed by atoms with van der Waals surface area (Å²) < 4.78 is 6.04. The van der Waals surface area contributed by atoms with Crippen LogP contribution < -0.4 is 0 Å². The minimum atomic E-state index is -0.0378. The first kappa shape index (κ1) is 15.2. The number of carbonyl (C=O) groups excluding carboxylic acids is 1. The molecule has 124 valence electrons. The Bertz CT molecular complexity index is 904. The number of hydrogen-bond acceptors (Lipinski definition) is 3. The predicted octanol–water partition coefficient (Wildman–Crippen LogP) is 3.74. The van der Waals surface area contributed by atoms with Gasteiger partial charge in [-0.3, -0.25) is 4.79 Å². The number of benzene rings is 2. The Labute approximate surface area is 140 Å². The first-order chi connectivity index (χ1) is 11.7. The SMILES string of the molecule is Cc1c(C(=O)N2CCC(CO)CC2)oc2c1ccc1ccccc12. The minimum Gasteiger partial charge on any atom is -0.450 e. The van der Waals surface area contributed by atoms with Crippen molar-refractivity contribution < 1.29 is 14.3 Å². The van der Waals surface area contributed by atoms with Crippen molar-refractivity contribution in [1.82, 2.24) is 4.90 Å². The van der Waals surface area contributed by atoms with Crippen molar-refractivity contribution in [1.29, 1.82) is 0 Å². The average molecular weight is 323 g/mol. The van der Waals surface area contributed by atoms with Crippen molar-refractivity contribution in [2.24, 2.45) is 5.92 Å². The molecule has 1 saturated heterocycles. The number of amides is 1. The molecule has 0 spiro atoms. The van der Waals surface area contributed by atoms with E-state index in [2.05, 4.69) is 6.07 Å². The molecule has 3 aromatic rings. The molecule has 2 aromatic carbocycles. The number of carbonyl (C=O) groups is 1. The summed E-state index contributed by atoms with van der Waals surface area (Å²) in [5, 5.41) is 12.4. The lowest BCUT2D eigenvalue weighted by Crippen LogP contribution is -2.39. The number of furan rings is 1. The largest absolute Gasteiger partial charge is 0.450 e. The third-order valence-corrected chi connectivity index (χ3v) is 5.18. The second kappa shape index (κ2) is 5.95. The molecule has 1 aliphatic heterocycles. The predicted molar refractivity (Wildman–Crippen MR) is 94.2 cm³/mol. The summed E-state index contributed by atoms with van der Waals surface area (Å²) in [6.45, 7) is 3.52. The van der Waals surface area contributed by atoms with E-state index in [1.165, 1.54) is 0 Å². The molecule has 1 N–H and O–H groups in total. The Balaban J connectivity index is 1.73. The molecule has 2 heterocycles. The zero-order chi connectivity index (χ0) is 16.7. The van der Waals surface area contributed by atoms with Crippen LogP contribution in [-0.2, 0) is 0 Å². The number of rotatable bonds is 2. The number of piperidine rings is 1. The normalized spacial score (nSPS) is 16.2. The molecule has 0 aliphatic carbocycles. The van der Waals surface area contributed by atoms with Crippen LogP contribution >= 0.6 is 0 Å². The highest BCUT2D eigenvalue weighted by Crippen LogP contribution is 2.32. The van der Waals surface area contributed by atoms with Crippen LogP contribution in [0.3, 0.4) is 0 Å². The van der Waals surface area contributed by atoms with Gasteiger partial charge in [-0.15, -0.1) is 0 Å². The van der Waals surface area contributed by atoms with E-state index in [0.29, 0.717) is 24.8 Å². The van der Waals surface area contributed by atoms with E-state index in [1.807, 2.05) is 42.2 Å². The van der Waals surface area contributed by atoms with Crippen molar-refractivity contribution in [2.45, 2.75) is 19.8 Å². The van der Waals surface area contributed by atoms with Gasteiger partial charge in [-0.2, -0.15) is 0 Å². The summed E-state index contributed by atoms with van der Waals surface area (Å²) in [7, 11) is 0. The molecule has 0 saturated carbocycles. The molecule has 1 aromatic heterocycles. The average Bonchev–Trinajstić information content (AvgIpc) is 2.98. The summed E-state index contributed by atoms with van der Waals surface area (Å²) >= 11 is 0. The van der Waals surface area contributed by atoms with Gasteiger partial charge in [0.2, 0.25) is 0 Å². The zero-order valence-electron chi connectivity index (χ0n) is 13.8. The number of aryl methyl sites for hydroxylation is 1. The van der Waals surface area contributed by atoms with Gasteiger partial charge in [-0.05, 0) is 31.1 Å². The maximum atomic E-state index is 12.9. The van der Waals surface area contributed by atoms with Crippen molar-refractivity contribution in [3.8, 4) is 0 Å². The molecule has 1 aliphatic rings. The highest BCUT2D eigenvalue weighted by Gasteiger charge is 2.27. The number of aliphatic hydroxyl groups excluding tert-OH is 1. The molecular weight excluding hydrogens is 302 g/mol. The van der Waals surface area contributed by atoms with Gasteiger partial charge in [0.05, 0.1) is 0 Å². The molecule has 1 fully saturated rings. The Kier molecular flexibility index (Phi) is 3.77. The molecule has 0 radical (unpaired) electrons. The van der Waals surface area contributed by atoms with Crippen molar-refractivity contribution in [3.63, 3.8) is 0 Å². The number of nitrogens with zero attached hydrogens (tertiary/aromatic N) is 1. The zero-order valence-corrected chi connectivity index (χ0v) is 13.8. The van der Waals surface area contributed by atoms with Gasteiger partial charge in [0.15, 0.2) is 5.76 Å². The van der Waals surface area contributed by atoms with Crippen LogP contribution in [-0.4, -0.2) is 35.6 Å². The summed E-state index contributed by atoms with van der Waals surface area (Å²) in [4.78, 5) is 14.7. The molecule has 24 heavy (non-hydrogen) atoms. The van der Waals surface area contributed by atoms with E-state index in [0.717, 1.165) is 40.1 Å². The highest BCUT2D eigenvalue weighted by molar-refractivity contribution is 6.08. The minimum absolute atomic E-state index is 0.0378. The smallest absolute Gasteiger partial charge is 0.289 e. The quantitative estimate of drug-likeness (QED) is 0.781. The monoisotopic (exact) mass is 323 g/mol. The molecule has 0 bridgehead atoms. The van der Waals surface area contributed by atoms with Gasteiger partial charge in [-0.1, -0.05) is 36.4 Å². The van der Waals surface area contributed by atoms with E-state index in [9.17, 15) is 9.90 Å². The van der Waals surface area contributed by atoms with E-state index in [1.54, 1.807) is 0 Å². The fourth-order valence-corrected chi connectivity index (χ4v) is 3.62. The Hall–Kier alpha value is -2.33. The second-order valence-corrected chi connectivity index (χ2v) is 6.64. The second-order valence-electron chi connectivity index (χ2n) is 6.64. The van der Waals surface area contributed by atoms with Crippen molar-refractivity contribution in [3.05, 3.63) is 47.7 Å². The van der Waals surface area contributed by atoms with E-state index in [-0.39, 0.29) is 12.5 Å². The van der Waals surface area contributed by atoms with Crippen molar-refractivity contribution >= 4 is 27.6 Å². The number of fused-ring (bicyclic) bond motifs is 3. The van der Waals surface area contributed by atoms with E-state index < -0.39 is 0 Å². The maximum absolute atomic E-state index is 12.9. The van der Waals surface area contributed by atoms with Crippen LogP contribution in [0.5, 0.6) is 0 Å². The summed E-state index contributed by atoms with van der Waals surface area (Å²) in [5.74, 6) is 0.725. The maximum Gasteiger partial charge on any atom is 0.289 e. The van der Waals surface area contributed by atoms with Gasteiger partial charge >= 0.3 is 0 Å². The molecule has 4 rings (SSSR count). The van der Waals surface area contributed by atoms with Crippen LogP contribution in [0.15, 0.2) is 40.8 Å². The van der Waals surface area contributed by atoms with Gasteiger partial charge < -0.3 is 14.4 Å². The molecule has 0 unspecified atom stereocenters. The third kappa shape index (κ3) is 2.38. The number of likely N-dealkylation sites (tertiary alicyclic amines) is 1. The Morgan fingerprint density at radius 3 is 2.67 bits per heavy atom. The molecular formula is C20H21NO3. The fourth-order valence-electron chi connectivity index (χ4n) is 3.62. The number of aliphatic hydroxyl groups is 1. The van der Waals surface area contributed by atoms with Crippen LogP contribution in [0.25, 0.3) is 21.7 Å². The summed E-state index contributed by atoms with van der Waals surface area (Å²) in [6, 6.07) is 12.2. The van der Waals surface area contributed by atoms with E-state index in [4.69, 9.17) is 4.42 Å². The lowest BCUT2D eigenvalue weighted by molar-refractivity contribution is 0.0621. The topological polar surface area (TPSA) is 53.7 Å². The van der Waals surface area contributed by atoms with Gasteiger partial charge in [-0.25, -0.2) is 0 Å². The lowest BCUT2D eigenvalue weighted by Gasteiger charge is -2.30. The Morgan fingerprint density at radius 1 is 1.17 bits per heavy atom. The first-order valence-corrected chi connectivity index (χ1v) is 8.50. The van der Waals surface area contributed by atoms with Crippen LogP contribution in [0, 0.1) is 12.8 Å². The lowest BCUT2D eigenvalue weighted by atomic mass is 9.97. The van der Waals surface area contributed by atoms with Crippen molar-refractivity contribution in [2.75, 3.05) is 19.7 Å². The summed E-state index contributed by atoms with van der Waals surface area (Å²) in [6.07, 6.45) is 1.70. The van der Waals surface area contributed by atoms with Crippen LogP contribution in [0.1, 0.15) is 29.0 Å². The standard InChI is InChI=1S/C20H21NO3/c1-13-16-7-6-15-4-2-3-5-17(15)19(16)24-18(13)20(23)21-10-8-14(12-22)9-11-21/h2-7,14,22H,8-12H2,1H3. The highest BCUT2D eigenvalue weighted by atomic mass is 16.3. The Morgan fingerprint density at radius 2 is 1.92 bits per heavy atom. The van der Waals surface area contributed by atoms with Gasteiger partial charge in [0.1, 0.15) is 5.58 Å². The molecule has 4 nitrogen and oxygen atoms in total. The third-order valence-electron chi connectivity index (χ3n) is 5.18.